The molecule has 1 atom stereocenters. The summed E-state index contributed by atoms with van der Waals surface area (Å²) in [6.45, 7) is 0.970. The van der Waals surface area contributed by atoms with Crippen molar-refractivity contribution in [3.8, 4) is 11.5 Å². The molecule has 3 rings (SSSR count). The van der Waals surface area contributed by atoms with Crippen molar-refractivity contribution in [1.82, 2.24) is 4.90 Å². The second kappa shape index (κ2) is 7.67. The monoisotopic (exact) mass is 387 g/mol. The van der Waals surface area contributed by atoms with E-state index in [-0.39, 0.29) is 17.6 Å². The lowest BCUT2D eigenvalue weighted by atomic mass is 9.82. The predicted molar refractivity (Wildman–Crippen MR) is 100 cm³/mol. The largest absolute Gasteiger partial charge is 0.490 e. The van der Waals surface area contributed by atoms with Gasteiger partial charge in [-0.25, -0.2) is 4.99 Å². The molecule has 2 N–H and O–H groups in total. The van der Waals surface area contributed by atoms with Crippen LogP contribution in [0.25, 0.3) is 0 Å². The Labute approximate surface area is 160 Å². The van der Waals surface area contributed by atoms with Crippen molar-refractivity contribution in [3.05, 3.63) is 72.3 Å². The summed E-state index contributed by atoms with van der Waals surface area (Å²) in [4.78, 5) is 18.8. The maximum atomic E-state index is 13.1. The second-order valence-corrected chi connectivity index (χ2v) is 6.07. The van der Waals surface area contributed by atoms with Gasteiger partial charge in [0.1, 0.15) is 18.1 Å². The van der Waals surface area contributed by atoms with E-state index in [2.05, 4.69) is 16.3 Å². The van der Waals surface area contributed by atoms with Crippen LogP contribution in [0.1, 0.15) is 11.1 Å². The molecule has 146 valence electrons. The Kier molecular flexibility index (Phi) is 5.30. The van der Waals surface area contributed by atoms with Crippen LogP contribution in [0.5, 0.6) is 11.5 Å². The van der Waals surface area contributed by atoms with Gasteiger partial charge in [-0.3, -0.25) is 9.69 Å². The number of carbonyl (C=O) groups is 1. The Morgan fingerprint density at radius 3 is 2.50 bits per heavy atom. The normalized spacial score (nSPS) is 18.9. The van der Waals surface area contributed by atoms with Crippen molar-refractivity contribution in [3.63, 3.8) is 0 Å². The first-order valence-electron chi connectivity index (χ1n) is 8.41. The zero-order valence-corrected chi connectivity index (χ0v) is 15.1. The van der Waals surface area contributed by atoms with Gasteiger partial charge in [0.25, 0.3) is 5.91 Å². The number of nitrogens with zero attached hydrogens (tertiary/aromatic N) is 2. The van der Waals surface area contributed by atoms with E-state index >= 15 is 0 Å². The molecule has 1 aliphatic rings. The topological polar surface area (TPSA) is 77.2 Å². The Morgan fingerprint density at radius 1 is 1.21 bits per heavy atom. The zero-order valence-electron chi connectivity index (χ0n) is 15.1. The molecule has 0 saturated heterocycles. The van der Waals surface area contributed by atoms with Crippen molar-refractivity contribution in [2.24, 2.45) is 10.7 Å². The number of aliphatic imine (C=N–C) groups is 1. The first-order chi connectivity index (χ1) is 13.4. The zero-order chi connectivity index (χ0) is 20.3. The van der Waals surface area contributed by atoms with Crippen LogP contribution in [-0.2, 0) is 10.3 Å². The van der Waals surface area contributed by atoms with Gasteiger partial charge in [-0.05, 0) is 35.4 Å². The van der Waals surface area contributed by atoms with Gasteiger partial charge in [0.15, 0.2) is 11.5 Å². The maximum Gasteiger partial charge on any atom is 0.387 e. The summed E-state index contributed by atoms with van der Waals surface area (Å²) in [5, 5.41) is 0. The molecule has 28 heavy (non-hydrogen) atoms. The molecule has 6 nitrogen and oxygen atoms in total. The van der Waals surface area contributed by atoms with E-state index in [0.29, 0.717) is 23.5 Å². The first kappa shape index (κ1) is 19.3. The summed E-state index contributed by atoms with van der Waals surface area (Å²) in [6.07, 6.45) is 1.61. The van der Waals surface area contributed by atoms with Crippen molar-refractivity contribution >= 4 is 11.9 Å². The predicted octanol–water partition coefficient (Wildman–Crippen LogP) is 2.88. The molecule has 0 unspecified atom stereocenters. The molecule has 0 fully saturated rings. The third-order valence-electron chi connectivity index (χ3n) is 4.36. The molecule has 1 heterocycles. The van der Waals surface area contributed by atoms with Crippen LogP contribution in [0.4, 0.5) is 8.78 Å². The summed E-state index contributed by atoms with van der Waals surface area (Å²) in [5.74, 6) is 0.196. The van der Waals surface area contributed by atoms with E-state index in [4.69, 9.17) is 10.5 Å². The third kappa shape index (κ3) is 3.40. The van der Waals surface area contributed by atoms with E-state index in [9.17, 15) is 13.6 Å². The smallest absolute Gasteiger partial charge is 0.387 e. The van der Waals surface area contributed by atoms with E-state index in [0.717, 1.165) is 0 Å². The molecular weight excluding hydrogens is 368 g/mol. The van der Waals surface area contributed by atoms with Gasteiger partial charge in [-0.1, -0.05) is 36.9 Å². The first-order valence-corrected chi connectivity index (χ1v) is 8.41. The van der Waals surface area contributed by atoms with Gasteiger partial charge in [-0.2, -0.15) is 8.78 Å². The summed E-state index contributed by atoms with van der Waals surface area (Å²) in [6, 6.07) is 12.7. The van der Waals surface area contributed by atoms with E-state index in [1.165, 1.54) is 36.2 Å². The van der Waals surface area contributed by atoms with E-state index in [1.807, 2.05) is 0 Å². The molecule has 0 aliphatic carbocycles. The van der Waals surface area contributed by atoms with Crippen LogP contribution in [0.2, 0.25) is 0 Å². The van der Waals surface area contributed by atoms with E-state index in [1.54, 1.807) is 30.3 Å². The number of amides is 1. The minimum atomic E-state index is -2.94. The van der Waals surface area contributed by atoms with Crippen LogP contribution in [0.3, 0.4) is 0 Å². The molecular formula is C20H19F2N3O3. The van der Waals surface area contributed by atoms with E-state index < -0.39 is 12.2 Å². The van der Waals surface area contributed by atoms with Crippen molar-refractivity contribution in [1.29, 1.82) is 0 Å². The van der Waals surface area contributed by atoms with Gasteiger partial charge < -0.3 is 15.2 Å². The fourth-order valence-corrected chi connectivity index (χ4v) is 3.03. The van der Waals surface area contributed by atoms with Gasteiger partial charge in [0.05, 0.1) is 0 Å². The molecule has 8 heteroatoms. The number of alkyl halides is 2. The molecule has 1 amide bonds. The Hall–Kier alpha value is -3.42. The Morgan fingerprint density at radius 2 is 1.93 bits per heavy atom. The molecule has 2 aromatic rings. The molecule has 0 radical (unpaired) electrons. The highest BCUT2D eigenvalue weighted by Crippen LogP contribution is 2.40. The SMILES string of the molecule is C=CCOc1cccc([C@@]2(c3ccc(OC(F)F)cc3)N=C(N)N(C)C2=O)c1. The van der Waals surface area contributed by atoms with Gasteiger partial charge in [-0.15, -0.1) is 0 Å². The summed E-state index contributed by atoms with van der Waals surface area (Å²) in [7, 11) is 1.52. The summed E-state index contributed by atoms with van der Waals surface area (Å²) < 4.78 is 34.8. The third-order valence-corrected chi connectivity index (χ3v) is 4.36. The lowest BCUT2D eigenvalue weighted by Gasteiger charge is -2.26. The Balaban J connectivity index is 2.10. The highest BCUT2D eigenvalue weighted by molar-refractivity contribution is 6.08. The minimum absolute atomic E-state index is 0.0206. The summed E-state index contributed by atoms with van der Waals surface area (Å²) in [5.41, 5.74) is 5.47. The molecule has 0 saturated carbocycles. The van der Waals surface area contributed by atoms with Gasteiger partial charge in [0, 0.05) is 7.05 Å². The molecule has 1 aliphatic heterocycles. The number of nitrogens with two attached hydrogens (primary N) is 1. The fourth-order valence-electron chi connectivity index (χ4n) is 3.03. The number of hydrogen-bond acceptors (Lipinski definition) is 5. The minimum Gasteiger partial charge on any atom is -0.490 e. The average molecular weight is 387 g/mol. The van der Waals surface area contributed by atoms with Crippen LogP contribution in [-0.4, -0.2) is 37.0 Å². The maximum absolute atomic E-state index is 13.1. The standard InChI is InChI=1S/C20H19F2N3O3/c1-3-11-27-16-6-4-5-14(12-16)20(17(26)25(2)19(23)24-20)13-7-9-15(10-8-13)28-18(21)22/h3-10,12,18H,1,11H2,2H3,(H2,23,24)/t20-/m1/s1. The number of hydrogen-bond donors (Lipinski definition) is 1. The van der Waals surface area contributed by atoms with Crippen molar-refractivity contribution in [2.45, 2.75) is 12.2 Å². The van der Waals surface area contributed by atoms with Crippen LogP contribution in [0, 0.1) is 0 Å². The van der Waals surface area contributed by atoms with Crippen molar-refractivity contribution in [2.75, 3.05) is 13.7 Å². The highest BCUT2D eigenvalue weighted by atomic mass is 19.3. The lowest BCUT2D eigenvalue weighted by molar-refractivity contribution is -0.129. The summed E-state index contributed by atoms with van der Waals surface area (Å²) >= 11 is 0. The van der Waals surface area contributed by atoms with Crippen LogP contribution >= 0.6 is 0 Å². The molecule has 0 spiro atoms. The average Bonchev–Trinajstić information content (AvgIpc) is 2.92. The molecule has 2 aromatic carbocycles. The fraction of sp³-hybridized carbons (Fsp3) is 0.200. The second-order valence-electron chi connectivity index (χ2n) is 6.07. The quantitative estimate of drug-likeness (QED) is 0.741. The molecule has 0 aromatic heterocycles. The number of ether oxygens (including phenoxy) is 2. The highest BCUT2D eigenvalue weighted by Gasteiger charge is 2.49. The van der Waals surface area contributed by atoms with Crippen LogP contribution in [0.15, 0.2) is 66.2 Å². The lowest BCUT2D eigenvalue weighted by Crippen LogP contribution is -2.41. The van der Waals surface area contributed by atoms with Gasteiger partial charge >= 0.3 is 6.61 Å². The van der Waals surface area contributed by atoms with Crippen LogP contribution < -0.4 is 15.2 Å². The number of halogens is 2. The number of rotatable bonds is 7. The van der Waals surface area contributed by atoms with Crippen molar-refractivity contribution < 1.29 is 23.0 Å². The number of carbonyl (C=O) groups excluding carboxylic acids is 1. The number of guanidine groups is 1. The number of likely N-dealkylation sites (N-methyl/N-ethyl adjacent to an activating group) is 1. The molecule has 0 bridgehead atoms. The van der Waals surface area contributed by atoms with Gasteiger partial charge in [0.2, 0.25) is 0 Å². The Bertz CT molecular complexity index is 915. The number of benzene rings is 2.